The molecule has 8 heteroatoms. The molecule has 2 heterocycles. The topological polar surface area (TPSA) is 84.7 Å². The third-order valence-corrected chi connectivity index (χ3v) is 4.13. The maximum absolute atomic E-state index is 13.1. The van der Waals surface area contributed by atoms with Gasteiger partial charge in [0.05, 0.1) is 5.92 Å². The summed E-state index contributed by atoms with van der Waals surface area (Å²) in [5.74, 6) is -0.342. The lowest BCUT2D eigenvalue weighted by Crippen LogP contribution is -2.34. The summed E-state index contributed by atoms with van der Waals surface area (Å²) in [5, 5.41) is 2.77. The highest BCUT2D eigenvalue weighted by Gasteiger charge is 2.32. The van der Waals surface area contributed by atoms with Crippen molar-refractivity contribution in [1.82, 2.24) is 15.2 Å². The van der Waals surface area contributed by atoms with Crippen LogP contribution in [-0.2, 0) is 11.4 Å². The number of nitrogens with one attached hydrogen (secondary N) is 1. The minimum atomic E-state index is -0.401. The van der Waals surface area contributed by atoms with Crippen LogP contribution >= 0.6 is 0 Å². The lowest BCUT2D eigenvalue weighted by Gasteiger charge is -2.14. The van der Waals surface area contributed by atoms with Gasteiger partial charge in [-0.2, -0.15) is 0 Å². The van der Waals surface area contributed by atoms with Gasteiger partial charge in [0.15, 0.2) is 12.3 Å². The molecule has 1 saturated heterocycles. The Balaban J connectivity index is 1.56. The summed E-state index contributed by atoms with van der Waals surface area (Å²) in [5.41, 5.74) is 0.166. The molecule has 2 aromatic rings. The predicted molar refractivity (Wildman–Crippen MR) is 89.9 cm³/mol. The summed E-state index contributed by atoms with van der Waals surface area (Å²) in [6, 6.07) is 5.72. The van der Waals surface area contributed by atoms with Gasteiger partial charge in [-0.15, -0.1) is 0 Å². The van der Waals surface area contributed by atoms with Crippen LogP contribution in [0.5, 0.6) is 5.75 Å². The molecule has 1 unspecified atom stereocenters. The Morgan fingerprint density at radius 3 is 3.08 bits per heavy atom. The quantitative estimate of drug-likeness (QED) is 0.851. The first-order chi connectivity index (χ1) is 12.6. The minimum absolute atomic E-state index is 0.0156. The van der Waals surface area contributed by atoms with Crippen molar-refractivity contribution < 1.29 is 23.1 Å². The third kappa shape index (κ3) is 4.19. The van der Waals surface area contributed by atoms with Crippen molar-refractivity contribution in [3.8, 4) is 5.75 Å². The van der Waals surface area contributed by atoms with Gasteiger partial charge < -0.3 is 19.4 Å². The number of halogens is 1. The smallest absolute Gasteiger partial charge is 0.275 e. The van der Waals surface area contributed by atoms with E-state index in [-0.39, 0.29) is 35.9 Å². The van der Waals surface area contributed by atoms with Crippen LogP contribution < -0.4 is 10.1 Å². The molecule has 1 aliphatic rings. The van der Waals surface area contributed by atoms with E-state index in [1.807, 2.05) is 6.92 Å². The van der Waals surface area contributed by atoms with E-state index in [1.54, 1.807) is 11.0 Å². The molecule has 1 aromatic heterocycles. The Hall–Kier alpha value is -2.90. The van der Waals surface area contributed by atoms with Crippen LogP contribution in [0, 0.1) is 11.7 Å². The molecule has 2 amide bonds. The number of nitrogens with zero attached hydrogens (tertiary/aromatic N) is 2. The van der Waals surface area contributed by atoms with Gasteiger partial charge in [0, 0.05) is 25.7 Å². The van der Waals surface area contributed by atoms with Gasteiger partial charge >= 0.3 is 0 Å². The molecule has 138 valence electrons. The van der Waals surface area contributed by atoms with Gasteiger partial charge in [-0.05, 0) is 25.5 Å². The van der Waals surface area contributed by atoms with E-state index in [1.165, 1.54) is 24.5 Å². The highest BCUT2D eigenvalue weighted by molar-refractivity contribution is 5.93. The second-order valence-corrected chi connectivity index (χ2v) is 6.00. The number of oxazole rings is 1. The molecular weight excluding hydrogens is 341 g/mol. The fourth-order valence-corrected chi connectivity index (χ4v) is 2.82. The Kier molecular flexibility index (Phi) is 5.50. The van der Waals surface area contributed by atoms with Crippen LogP contribution in [0.1, 0.15) is 29.7 Å². The zero-order chi connectivity index (χ0) is 18.5. The zero-order valence-corrected chi connectivity index (χ0v) is 14.4. The number of hydrogen-bond donors (Lipinski definition) is 1. The number of rotatable bonds is 6. The third-order valence-electron chi connectivity index (χ3n) is 4.13. The van der Waals surface area contributed by atoms with E-state index >= 15 is 0 Å². The van der Waals surface area contributed by atoms with E-state index < -0.39 is 5.82 Å². The summed E-state index contributed by atoms with van der Waals surface area (Å²) in [7, 11) is 0. The molecular formula is C18H20FN3O4. The van der Waals surface area contributed by atoms with Gasteiger partial charge in [-0.25, -0.2) is 9.37 Å². The second kappa shape index (κ2) is 7.99. The van der Waals surface area contributed by atoms with E-state index in [4.69, 9.17) is 9.15 Å². The minimum Gasteiger partial charge on any atom is -0.484 e. The number of hydrogen-bond acceptors (Lipinski definition) is 5. The highest BCUT2D eigenvalue weighted by Crippen LogP contribution is 2.19. The Labute approximate surface area is 150 Å². The van der Waals surface area contributed by atoms with Gasteiger partial charge in [0.1, 0.15) is 17.8 Å². The number of carbonyl (C=O) groups is 2. The van der Waals surface area contributed by atoms with Crippen molar-refractivity contribution >= 4 is 11.8 Å². The van der Waals surface area contributed by atoms with E-state index in [0.29, 0.717) is 31.8 Å². The summed E-state index contributed by atoms with van der Waals surface area (Å²) >= 11 is 0. The van der Waals surface area contributed by atoms with Crippen molar-refractivity contribution in [2.45, 2.75) is 20.0 Å². The molecule has 1 aromatic carbocycles. The number of amides is 2. The summed E-state index contributed by atoms with van der Waals surface area (Å²) in [6.07, 6.45) is 1.90. The Morgan fingerprint density at radius 1 is 1.46 bits per heavy atom. The largest absolute Gasteiger partial charge is 0.484 e. The van der Waals surface area contributed by atoms with E-state index in [2.05, 4.69) is 10.3 Å². The summed E-state index contributed by atoms with van der Waals surface area (Å²) in [4.78, 5) is 30.1. The molecule has 1 aliphatic heterocycles. The van der Waals surface area contributed by atoms with Crippen LogP contribution in [0.25, 0.3) is 0 Å². The van der Waals surface area contributed by atoms with Crippen molar-refractivity contribution in [1.29, 1.82) is 0 Å². The molecule has 0 bridgehead atoms. The first-order valence-electron chi connectivity index (χ1n) is 8.46. The fourth-order valence-electron chi connectivity index (χ4n) is 2.82. The molecule has 1 atom stereocenters. The van der Waals surface area contributed by atoms with Crippen LogP contribution in [0.4, 0.5) is 4.39 Å². The highest BCUT2D eigenvalue weighted by atomic mass is 19.1. The first kappa shape index (κ1) is 17.9. The molecule has 0 radical (unpaired) electrons. The fraction of sp³-hybridized carbons (Fsp3) is 0.389. The molecule has 1 N–H and O–H groups in total. The predicted octanol–water partition coefficient (Wildman–Crippen LogP) is 1.99. The van der Waals surface area contributed by atoms with Crippen molar-refractivity contribution in [3.05, 3.63) is 47.9 Å². The monoisotopic (exact) mass is 361 g/mol. The molecule has 0 spiro atoms. The van der Waals surface area contributed by atoms with Crippen molar-refractivity contribution in [3.63, 3.8) is 0 Å². The van der Waals surface area contributed by atoms with Gasteiger partial charge in [0.25, 0.3) is 5.91 Å². The molecule has 1 fully saturated rings. The molecule has 0 saturated carbocycles. The van der Waals surface area contributed by atoms with Crippen LogP contribution in [0.15, 0.2) is 34.9 Å². The second-order valence-electron chi connectivity index (χ2n) is 6.00. The van der Waals surface area contributed by atoms with Gasteiger partial charge in [0.2, 0.25) is 11.8 Å². The van der Waals surface area contributed by atoms with Gasteiger partial charge in [-0.1, -0.05) is 6.07 Å². The van der Waals surface area contributed by atoms with Crippen LogP contribution in [-0.4, -0.2) is 41.3 Å². The molecule has 26 heavy (non-hydrogen) atoms. The van der Waals surface area contributed by atoms with Gasteiger partial charge in [-0.3, -0.25) is 9.59 Å². The number of carbonyl (C=O) groups excluding carboxylic acids is 2. The van der Waals surface area contributed by atoms with Crippen molar-refractivity contribution in [2.24, 2.45) is 5.92 Å². The SMILES string of the molecule is CCNC(=O)C1CCN(C(=O)c2coc(COc3cccc(F)c3)n2)C1. The number of aromatic nitrogens is 1. The zero-order valence-electron chi connectivity index (χ0n) is 14.4. The molecule has 7 nitrogen and oxygen atoms in total. The Bertz CT molecular complexity index is 792. The number of benzene rings is 1. The average Bonchev–Trinajstić information content (AvgIpc) is 3.29. The first-order valence-corrected chi connectivity index (χ1v) is 8.46. The van der Waals surface area contributed by atoms with Crippen molar-refractivity contribution in [2.75, 3.05) is 19.6 Å². The lowest BCUT2D eigenvalue weighted by atomic mass is 10.1. The number of ether oxygens (including phenoxy) is 1. The molecule has 0 aliphatic carbocycles. The van der Waals surface area contributed by atoms with E-state index in [9.17, 15) is 14.0 Å². The summed E-state index contributed by atoms with van der Waals surface area (Å²) in [6.45, 7) is 3.29. The van der Waals surface area contributed by atoms with Crippen LogP contribution in [0.2, 0.25) is 0 Å². The number of likely N-dealkylation sites (tertiary alicyclic amines) is 1. The lowest BCUT2D eigenvalue weighted by molar-refractivity contribution is -0.124. The average molecular weight is 361 g/mol. The maximum Gasteiger partial charge on any atom is 0.275 e. The molecule has 3 rings (SSSR count). The normalized spacial score (nSPS) is 16.5. The standard InChI is InChI=1S/C18H20FN3O4/c1-2-20-17(23)12-6-7-22(9-12)18(24)15-10-26-16(21-15)11-25-14-5-3-4-13(19)8-14/h3-5,8,10,12H,2,6-7,9,11H2,1H3,(H,20,23). The van der Waals surface area contributed by atoms with E-state index in [0.717, 1.165) is 0 Å². The summed E-state index contributed by atoms with van der Waals surface area (Å²) < 4.78 is 23.8. The maximum atomic E-state index is 13.1. The van der Waals surface area contributed by atoms with Crippen LogP contribution in [0.3, 0.4) is 0 Å². The Morgan fingerprint density at radius 2 is 2.31 bits per heavy atom.